The summed E-state index contributed by atoms with van der Waals surface area (Å²) in [7, 11) is 0. The maximum Gasteiger partial charge on any atom is 0.0648 e. The summed E-state index contributed by atoms with van der Waals surface area (Å²) in [6.45, 7) is 4.65. The van der Waals surface area contributed by atoms with Gasteiger partial charge in [-0.3, -0.25) is 0 Å². The summed E-state index contributed by atoms with van der Waals surface area (Å²) in [6, 6.07) is 10.6. The molecule has 20 heavy (non-hydrogen) atoms. The zero-order valence-corrected chi connectivity index (χ0v) is 13.1. The SMILES string of the molecule is CC(C)C1CCCC(O)(CCCc2ccccc2)CC1. The van der Waals surface area contributed by atoms with E-state index in [-0.39, 0.29) is 0 Å². The van der Waals surface area contributed by atoms with E-state index in [2.05, 4.69) is 44.2 Å². The lowest BCUT2D eigenvalue weighted by Crippen LogP contribution is -2.28. The van der Waals surface area contributed by atoms with Gasteiger partial charge in [-0.15, -0.1) is 0 Å². The summed E-state index contributed by atoms with van der Waals surface area (Å²) in [5.41, 5.74) is 1.00. The number of aryl methyl sites for hydroxylation is 1. The Morgan fingerprint density at radius 1 is 1.15 bits per heavy atom. The van der Waals surface area contributed by atoms with Gasteiger partial charge >= 0.3 is 0 Å². The van der Waals surface area contributed by atoms with E-state index >= 15 is 0 Å². The standard InChI is InChI=1S/C19H30O/c1-16(2)18-11-7-14-19(20,15-12-18)13-6-10-17-8-4-3-5-9-17/h3-5,8-9,16,18,20H,6-7,10-15H2,1-2H3. The number of hydrogen-bond donors (Lipinski definition) is 1. The van der Waals surface area contributed by atoms with E-state index in [4.69, 9.17) is 0 Å². The topological polar surface area (TPSA) is 20.2 Å². The lowest BCUT2D eigenvalue weighted by atomic mass is 9.86. The Hall–Kier alpha value is -0.820. The predicted octanol–water partition coefficient (Wildman–Crippen LogP) is 4.98. The second kappa shape index (κ2) is 7.26. The predicted molar refractivity (Wildman–Crippen MR) is 85.7 cm³/mol. The molecule has 0 aliphatic heterocycles. The van der Waals surface area contributed by atoms with E-state index in [1.54, 1.807) is 0 Å². The molecule has 0 aromatic heterocycles. The lowest BCUT2D eigenvalue weighted by molar-refractivity contribution is 0.0132. The molecule has 1 aliphatic rings. The Balaban J connectivity index is 1.79. The molecular weight excluding hydrogens is 244 g/mol. The highest BCUT2D eigenvalue weighted by atomic mass is 16.3. The van der Waals surface area contributed by atoms with Crippen LogP contribution in [0.1, 0.15) is 64.4 Å². The summed E-state index contributed by atoms with van der Waals surface area (Å²) in [5, 5.41) is 10.8. The Kier molecular flexibility index (Phi) is 5.65. The van der Waals surface area contributed by atoms with Crippen LogP contribution in [0, 0.1) is 11.8 Å². The molecule has 0 heterocycles. The zero-order valence-electron chi connectivity index (χ0n) is 13.1. The van der Waals surface area contributed by atoms with Gasteiger partial charge in [0, 0.05) is 0 Å². The van der Waals surface area contributed by atoms with E-state index in [1.165, 1.54) is 24.8 Å². The van der Waals surface area contributed by atoms with E-state index in [0.29, 0.717) is 0 Å². The van der Waals surface area contributed by atoms with E-state index in [1.807, 2.05) is 0 Å². The number of rotatable bonds is 5. The first-order valence-corrected chi connectivity index (χ1v) is 8.35. The van der Waals surface area contributed by atoms with Crippen molar-refractivity contribution in [2.45, 2.75) is 70.8 Å². The van der Waals surface area contributed by atoms with Gasteiger partial charge in [-0.1, -0.05) is 57.0 Å². The van der Waals surface area contributed by atoms with Gasteiger partial charge in [-0.25, -0.2) is 0 Å². The number of benzene rings is 1. The first-order chi connectivity index (χ1) is 9.59. The van der Waals surface area contributed by atoms with Gasteiger partial charge in [0.25, 0.3) is 0 Å². The second-order valence-electron chi connectivity index (χ2n) is 7.00. The van der Waals surface area contributed by atoms with Crippen molar-refractivity contribution in [3.05, 3.63) is 35.9 Å². The Bertz CT molecular complexity index is 384. The summed E-state index contributed by atoms with van der Waals surface area (Å²) in [4.78, 5) is 0. The fourth-order valence-electron chi connectivity index (χ4n) is 3.60. The highest BCUT2D eigenvalue weighted by molar-refractivity contribution is 5.14. The summed E-state index contributed by atoms with van der Waals surface area (Å²) < 4.78 is 0. The molecule has 112 valence electrons. The minimum absolute atomic E-state index is 0.390. The molecule has 0 radical (unpaired) electrons. The van der Waals surface area contributed by atoms with Crippen molar-refractivity contribution in [2.24, 2.45) is 11.8 Å². The van der Waals surface area contributed by atoms with Crippen molar-refractivity contribution in [3.63, 3.8) is 0 Å². The summed E-state index contributed by atoms with van der Waals surface area (Å²) >= 11 is 0. The Labute approximate surface area is 124 Å². The summed E-state index contributed by atoms with van der Waals surface area (Å²) in [6.07, 6.45) is 8.88. The van der Waals surface area contributed by atoms with Crippen molar-refractivity contribution in [1.82, 2.24) is 0 Å². The molecule has 1 nitrogen and oxygen atoms in total. The Morgan fingerprint density at radius 3 is 2.60 bits per heavy atom. The van der Waals surface area contributed by atoms with Crippen molar-refractivity contribution in [2.75, 3.05) is 0 Å². The van der Waals surface area contributed by atoms with Crippen LogP contribution >= 0.6 is 0 Å². The van der Waals surface area contributed by atoms with Gasteiger partial charge in [0.15, 0.2) is 0 Å². The van der Waals surface area contributed by atoms with Gasteiger partial charge in [-0.2, -0.15) is 0 Å². The minimum atomic E-state index is -0.390. The molecular formula is C19H30O. The molecule has 1 heteroatoms. The molecule has 1 aromatic carbocycles. The smallest absolute Gasteiger partial charge is 0.0648 e. The van der Waals surface area contributed by atoms with Crippen molar-refractivity contribution in [1.29, 1.82) is 0 Å². The summed E-state index contributed by atoms with van der Waals surface area (Å²) in [5.74, 6) is 1.58. The molecule has 1 aliphatic carbocycles. The van der Waals surface area contributed by atoms with Crippen LogP contribution in [0.2, 0.25) is 0 Å². The number of hydrogen-bond acceptors (Lipinski definition) is 1. The monoisotopic (exact) mass is 274 g/mol. The largest absolute Gasteiger partial charge is 0.390 e. The van der Waals surface area contributed by atoms with Crippen molar-refractivity contribution < 1.29 is 5.11 Å². The lowest BCUT2D eigenvalue weighted by Gasteiger charge is -2.27. The van der Waals surface area contributed by atoms with Gasteiger partial charge < -0.3 is 5.11 Å². The normalized spacial score (nSPS) is 27.5. The maximum atomic E-state index is 10.8. The molecule has 0 bridgehead atoms. The van der Waals surface area contributed by atoms with Crippen LogP contribution in [0.25, 0.3) is 0 Å². The molecule has 0 saturated heterocycles. The van der Waals surface area contributed by atoms with Gasteiger partial charge in [-0.05, 0) is 55.9 Å². The molecule has 1 N–H and O–H groups in total. The second-order valence-corrected chi connectivity index (χ2v) is 7.00. The molecule has 1 aromatic rings. The Morgan fingerprint density at radius 2 is 1.90 bits per heavy atom. The van der Waals surface area contributed by atoms with Gasteiger partial charge in [0.2, 0.25) is 0 Å². The average molecular weight is 274 g/mol. The fourth-order valence-corrected chi connectivity index (χ4v) is 3.60. The van der Waals surface area contributed by atoms with Crippen molar-refractivity contribution in [3.8, 4) is 0 Å². The van der Waals surface area contributed by atoms with Gasteiger partial charge in [0.05, 0.1) is 5.60 Å². The molecule has 2 rings (SSSR count). The van der Waals surface area contributed by atoms with Crippen molar-refractivity contribution >= 4 is 0 Å². The van der Waals surface area contributed by atoms with E-state index in [9.17, 15) is 5.11 Å². The van der Waals surface area contributed by atoms with Crippen LogP contribution in [0.4, 0.5) is 0 Å². The third-order valence-electron chi connectivity index (χ3n) is 5.09. The molecule has 2 unspecified atom stereocenters. The average Bonchev–Trinajstić information content (AvgIpc) is 2.62. The fraction of sp³-hybridized carbons (Fsp3) is 0.684. The molecule has 1 saturated carbocycles. The van der Waals surface area contributed by atoms with Crippen LogP contribution in [0.5, 0.6) is 0 Å². The van der Waals surface area contributed by atoms with Crippen LogP contribution in [0.15, 0.2) is 30.3 Å². The van der Waals surface area contributed by atoms with Crippen LogP contribution in [-0.2, 0) is 6.42 Å². The quantitative estimate of drug-likeness (QED) is 0.751. The third kappa shape index (κ3) is 4.63. The molecule has 0 amide bonds. The number of aliphatic hydroxyl groups is 1. The van der Waals surface area contributed by atoms with Gasteiger partial charge in [0.1, 0.15) is 0 Å². The first-order valence-electron chi connectivity index (χ1n) is 8.35. The third-order valence-corrected chi connectivity index (χ3v) is 5.09. The van der Waals surface area contributed by atoms with Crippen LogP contribution in [0.3, 0.4) is 0 Å². The maximum absolute atomic E-state index is 10.8. The first kappa shape index (κ1) is 15.6. The zero-order chi connectivity index (χ0) is 14.4. The molecule has 1 fully saturated rings. The highest BCUT2D eigenvalue weighted by Gasteiger charge is 2.31. The van der Waals surface area contributed by atoms with Crippen LogP contribution < -0.4 is 0 Å². The van der Waals surface area contributed by atoms with Crippen LogP contribution in [-0.4, -0.2) is 10.7 Å². The van der Waals surface area contributed by atoms with E-state index in [0.717, 1.165) is 43.9 Å². The molecule has 0 spiro atoms. The minimum Gasteiger partial charge on any atom is -0.390 e. The highest BCUT2D eigenvalue weighted by Crippen LogP contribution is 2.36. The molecule has 2 atom stereocenters. The van der Waals surface area contributed by atoms with E-state index < -0.39 is 5.60 Å².